The fourth-order valence-electron chi connectivity index (χ4n) is 0.913. The summed E-state index contributed by atoms with van der Waals surface area (Å²) in [7, 11) is 0. The number of nitrogens with one attached hydrogen (secondary N) is 1. The van der Waals surface area contributed by atoms with Crippen molar-refractivity contribution >= 4 is 46.5 Å². The zero-order chi connectivity index (χ0) is 11.6. The first kappa shape index (κ1) is 12.4. The third-order valence-electron chi connectivity index (χ3n) is 1.60. The zero-order valence-electron chi connectivity index (χ0n) is 7.73. The maximum absolute atomic E-state index is 11.4. The van der Waals surface area contributed by atoms with Gasteiger partial charge in [-0.2, -0.15) is 4.98 Å². The summed E-state index contributed by atoms with van der Waals surface area (Å²) < 4.78 is 4.75. The van der Waals surface area contributed by atoms with Crippen LogP contribution in [0.3, 0.4) is 0 Å². The van der Waals surface area contributed by atoms with Crippen molar-refractivity contribution in [1.29, 1.82) is 0 Å². The molecule has 0 aliphatic heterocycles. The standard InChI is InChI=1S/C8H7Cl3N2O2/c1-2-15-8(14)6-3(9)5(12)4(10)7(11)13-6/h2H2,1H3,(H2,12,13)/p+1. The Morgan fingerprint density at radius 1 is 1.40 bits per heavy atom. The molecule has 0 aromatic carbocycles. The van der Waals surface area contributed by atoms with Gasteiger partial charge in [0.05, 0.1) is 12.3 Å². The summed E-state index contributed by atoms with van der Waals surface area (Å²) in [5.74, 6) is -0.632. The van der Waals surface area contributed by atoms with Gasteiger partial charge in [0, 0.05) is 0 Å². The number of hydrogen-bond acceptors (Lipinski definition) is 3. The van der Waals surface area contributed by atoms with E-state index in [-0.39, 0.29) is 33.2 Å². The summed E-state index contributed by atoms with van der Waals surface area (Å²) in [5, 5.41) is 0.124. The molecule has 0 bridgehead atoms. The van der Waals surface area contributed by atoms with Crippen molar-refractivity contribution in [3.63, 3.8) is 0 Å². The number of anilines is 1. The van der Waals surface area contributed by atoms with E-state index in [1.807, 2.05) is 0 Å². The Kier molecular flexibility index (Phi) is 4.02. The number of nitrogens with two attached hydrogens (primary N) is 1. The van der Waals surface area contributed by atoms with Gasteiger partial charge in [0.1, 0.15) is 10.0 Å². The number of esters is 1. The quantitative estimate of drug-likeness (QED) is 0.662. The van der Waals surface area contributed by atoms with Crippen LogP contribution in [-0.2, 0) is 4.74 Å². The zero-order valence-corrected chi connectivity index (χ0v) is 10.0. The number of carbonyl (C=O) groups is 1. The number of nitrogen functional groups attached to an aromatic ring is 1. The highest BCUT2D eigenvalue weighted by molar-refractivity contribution is 6.45. The Hall–Kier alpha value is -0.710. The van der Waals surface area contributed by atoms with E-state index in [0.717, 1.165) is 0 Å². The van der Waals surface area contributed by atoms with E-state index < -0.39 is 5.97 Å². The molecular weight excluding hydrogens is 262 g/mol. The van der Waals surface area contributed by atoms with Crippen LogP contribution in [0.15, 0.2) is 0 Å². The molecule has 0 radical (unpaired) electrons. The lowest BCUT2D eigenvalue weighted by Crippen LogP contribution is -2.22. The molecule has 1 aromatic heterocycles. The molecule has 0 fully saturated rings. The van der Waals surface area contributed by atoms with Crippen LogP contribution in [0.1, 0.15) is 17.4 Å². The minimum absolute atomic E-state index is 0.00264. The Morgan fingerprint density at radius 3 is 2.53 bits per heavy atom. The number of H-pyrrole nitrogens is 1. The SMILES string of the molecule is CCOC(=O)c1[nH+]c(Cl)c(Cl)c(N)c1Cl. The first-order valence-corrected chi connectivity index (χ1v) is 5.14. The van der Waals surface area contributed by atoms with Crippen LogP contribution in [-0.4, -0.2) is 12.6 Å². The van der Waals surface area contributed by atoms with Gasteiger partial charge in [0.15, 0.2) is 0 Å². The maximum Gasteiger partial charge on any atom is 0.405 e. The van der Waals surface area contributed by atoms with Crippen LogP contribution in [0.4, 0.5) is 5.69 Å². The van der Waals surface area contributed by atoms with Crippen molar-refractivity contribution in [3.8, 4) is 0 Å². The van der Waals surface area contributed by atoms with Gasteiger partial charge in [-0.1, -0.05) is 23.2 Å². The molecular formula is C8H8Cl3N2O2+. The van der Waals surface area contributed by atoms with Gasteiger partial charge in [-0.15, -0.1) is 0 Å². The Bertz CT molecular complexity index is 409. The van der Waals surface area contributed by atoms with E-state index >= 15 is 0 Å². The molecule has 0 saturated carbocycles. The number of hydrogen-bond donors (Lipinski definition) is 1. The third kappa shape index (κ3) is 2.45. The average molecular weight is 271 g/mol. The topological polar surface area (TPSA) is 66.5 Å². The van der Waals surface area contributed by atoms with E-state index in [0.29, 0.717) is 0 Å². The number of halogens is 3. The Labute approximate surface area is 101 Å². The summed E-state index contributed by atoms with van der Waals surface area (Å²) >= 11 is 17.2. The number of carbonyl (C=O) groups excluding carboxylic acids is 1. The summed E-state index contributed by atoms with van der Waals surface area (Å²) in [6.07, 6.45) is 0. The van der Waals surface area contributed by atoms with Crippen molar-refractivity contribution in [3.05, 3.63) is 20.9 Å². The molecule has 0 spiro atoms. The van der Waals surface area contributed by atoms with Crippen LogP contribution in [0.25, 0.3) is 0 Å². The van der Waals surface area contributed by atoms with Crippen molar-refractivity contribution in [2.24, 2.45) is 0 Å². The Balaban J connectivity index is 3.26. The minimum atomic E-state index is -0.632. The molecule has 15 heavy (non-hydrogen) atoms. The van der Waals surface area contributed by atoms with Crippen LogP contribution >= 0.6 is 34.8 Å². The number of aromatic amines is 1. The van der Waals surface area contributed by atoms with E-state index in [2.05, 4.69) is 4.98 Å². The molecule has 82 valence electrons. The molecule has 3 N–H and O–H groups in total. The van der Waals surface area contributed by atoms with Gasteiger partial charge in [0.25, 0.3) is 5.15 Å². The largest absolute Gasteiger partial charge is 0.458 e. The summed E-state index contributed by atoms with van der Waals surface area (Å²) in [5.41, 5.74) is 5.58. The summed E-state index contributed by atoms with van der Waals surface area (Å²) in [6.45, 7) is 1.90. The van der Waals surface area contributed by atoms with Crippen LogP contribution in [0, 0.1) is 0 Å². The van der Waals surface area contributed by atoms with Gasteiger partial charge >= 0.3 is 11.7 Å². The van der Waals surface area contributed by atoms with Gasteiger partial charge in [0.2, 0.25) is 0 Å². The molecule has 7 heteroatoms. The molecule has 1 rings (SSSR count). The van der Waals surface area contributed by atoms with E-state index in [4.69, 9.17) is 45.3 Å². The monoisotopic (exact) mass is 269 g/mol. The number of pyridine rings is 1. The molecule has 0 unspecified atom stereocenters. The average Bonchev–Trinajstić information content (AvgIpc) is 2.20. The van der Waals surface area contributed by atoms with Crippen LogP contribution in [0.2, 0.25) is 15.2 Å². The Morgan fingerprint density at radius 2 is 2.00 bits per heavy atom. The van der Waals surface area contributed by atoms with Gasteiger partial charge in [-0.3, -0.25) is 0 Å². The molecule has 0 atom stereocenters. The first-order valence-electron chi connectivity index (χ1n) is 4.01. The number of aromatic nitrogens is 1. The molecule has 0 aliphatic rings. The van der Waals surface area contributed by atoms with Crippen LogP contribution < -0.4 is 10.7 Å². The summed E-state index contributed by atoms with van der Waals surface area (Å²) in [4.78, 5) is 13.9. The van der Waals surface area contributed by atoms with Gasteiger partial charge < -0.3 is 10.5 Å². The van der Waals surface area contributed by atoms with E-state index in [1.54, 1.807) is 6.92 Å². The third-order valence-corrected chi connectivity index (χ3v) is 2.76. The molecule has 0 amide bonds. The normalized spacial score (nSPS) is 10.1. The second-order valence-corrected chi connectivity index (χ2v) is 3.71. The predicted octanol–water partition coefficient (Wildman–Crippen LogP) is 2.22. The summed E-state index contributed by atoms with van der Waals surface area (Å²) in [6, 6.07) is 0. The smallest absolute Gasteiger partial charge is 0.405 e. The van der Waals surface area contributed by atoms with Gasteiger partial charge in [-0.25, -0.2) is 4.79 Å². The van der Waals surface area contributed by atoms with Crippen LogP contribution in [0.5, 0.6) is 0 Å². The lowest BCUT2D eigenvalue weighted by molar-refractivity contribution is -0.380. The number of ether oxygens (including phenoxy) is 1. The fraction of sp³-hybridized carbons (Fsp3) is 0.250. The minimum Gasteiger partial charge on any atom is -0.458 e. The molecule has 0 aliphatic carbocycles. The second kappa shape index (κ2) is 4.88. The fourth-order valence-corrected chi connectivity index (χ4v) is 1.52. The maximum atomic E-state index is 11.4. The van der Waals surface area contributed by atoms with E-state index in [1.165, 1.54) is 0 Å². The van der Waals surface area contributed by atoms with Crippen molar-refractivity contribution in [2.75, 3.05) is 12.3 Å². The highest BCUT2D eigenvalue weighted by Gasteiger charge is 2.26. The highest BCUT2D eigenvalue weighted by Crippen LogP contribution is 2.32. The van der Waals surface area contributed by atoms with Crippen molar-refractivity contribution in [1.82, 2.24) is 0 Å². The van der Waals surface area contributed by atoms with Crippen molar-refractivity contribution < 1.29 is 14.5 Å². The highest BCUT2D eigenvalue weighted by atomic mass is 35.5. The molecule has 4 nitrogen and oxygen atoms in total. The van der Waals surface area contributed by atoms with E-state index in [9.17, 15) is 4.79 Å². The van der Waals surface area contributed by atoms with Gasteiger partial charge in [-0.05, 0) is 18.5 Å². The predicted molar refractivity (Wildman–Crippen MR) is 58.4 cm³/mol. The van der Waals surface area contributed by atoms with Crippen molar-refractivity contribution in [2.45, 2.75) is 6.92 Å². The number of rotatable bonds is 2. The lowest BCUT2D eigenvalue weighted by Gasteiger charge is -2.02. The molecule has 1 heterocycles. The second-order valence-electron chi connectivity index (χ2n) is 2.58. The molecule has 0 saturated heterocycles. The molecule has 1 aromatic rings. The first-order chi connectivity index (χ1) is 6.99. The lowest BCUT2D eigenvalue weighted by atomic mass is 10.3.